The van der Waals surface area contributed by atoms with Crippen LogP contribution in [0.25, 0.3) is 0 Å². The molecule has 0 aromatic carbocycles. The second-order valence-electron chi connectivity index (χ2n) is 8.50. The van der Waals surface area contributed by atoms with E-state index in [4.69, 9.17) is 4.84 Å². The molecule has 3 saturated carbocycles. The number of nitrogens with zero attached hydrogens (tertiary/aromatic N) is 1. The van der Waals surface area contributed by atoms with Crippen LogP contribution in [0.3, 0.4) is 0 Å². The SMILES string of the molecule is C=C1CC[C@@H](O)C/C1=C/C=C1\CCC[C@]2(C)/C(=N/OCC(=O)CC)CCC12. The highest BCUT2D eigenvalue weighted by Gasteiger charge is 2.47. The Morgan fingerprint density at radius 3 is 2.93 bits per heavy atom. The standard InChI is InChI=1S/C23H33NO3/c1-4-19(25)15-27-24-22-12-11-21-17(6-5-13-23(21,22)3)8-9-18-14-20(26)10-7-16(18)2/h8-9,20-21,26H,2,4-7,10-15H2,1,3H3/b17-8+,18-9-,24-22+/t20-,21?,23+/m1/s1. The Morgan fingerprint density at radius 1 is 1.33 bits per heavy atom. The first-order chi connectivity index (χ1) is 12.9. The van der Waals surface area contributed by atoms with Crippen molar-refractivity contribution in [3.8, 4) is 0 Å². The number of hydrogen-bond donors (Lipinski definition) is 1. The van der Waals surface area contributed by atoms with E-state index in [9.17, 15) is 9.90 Å². The minimum absolute atomic E-state index is 0.0426. The quantitative estimate of drug-likeness (QED) is 0.700. The van der Waals surface area contributed by atoms with Crippen LogP contribution >= 0.6 is 0 Å². The smallest absolute Gasteiger partial charge is 0.175 e. The van der Waals surface area contributed by atoms with Gasteiger partial charge in [0.25, 0.3) is 0 Å². The molecule has 3 aliphatic rings. The molecule has 3 aliphatic carbocycles. The van der Waals surface area contributed by atoms with Crippen LogP contribution in [0.5, 0.6) is 0 Å². The average molecular weight is 372 g/mol. The highest BCUT2D eigenvalue weighted by molar-refractivity contribution is 5.92. The molecule has 0 saturated heterocycles. The van der Waals surface area contributed by atoms with Crippen LogP contribution in [0.4, 0.5) is 0 Å². The fourth-order valence-electron chi connectivity index (χ4n) is 4.86. The average Bonchev–Trinajstić information content (AvgIpc) is 2.99. The summed E-state index contributed by atoms with van der Waals surface area (Å²) in [6.07, 6.45) is 12.6. The number of ketones is 1. The van der Waals surface area contributed by atoms with E-state index in [1.165, 1.54) is 16.7 Å². The fraction of sp³-hybridized carbons (Fsp3) is 0.652. The number of oxime groups is 1. The van der Waals surface area contributed by atoms with Crippen molar-refractivity contribution in [3.63, 3.8) is 0 Å². The van der Waals surface area contributed by atoms with Gasteiger partial charge in [0.05, 0.1) is 11.8 Å². The maximum Gasteiger partial charge on any atom is 0.175 e. The van der Waals surface area contributed by atoms with E-state index < -0.39 is 0 Å². The van der Waals surface area contributed by atoms with Gasteiger partial charge in [-0.25, -0.2) is 0 Å². The number of Topliss-reactive ketones (excluding diaryl/α,β-unsaturated/α-hetero) is 1. The van der Waals surface area contributed by atoms with E-state index in [2.05, 4.69) is 30.8 Å². The lowest BCUT2D eigenvalue weighted by atomic mass is 9.66. The molecule has 0 aromatic rings. The van der Waals surface area contributed by atoms with Gasteiger partial charge in [0.2, 0.25) is 0 Å². The molecular weight excluding hydrogens is 338 g/mol. The number of aliphatic hydroxyl groups is 1. The van der Waals surface area contributed by atoms with Crippen molar-refractivity contribution in [2.24, 2.45) is 16.5 Å². The minimum Gasteiger partial charge on any atom is -0.393 e. The van der Waals surface area contributed by atoms with E-state index in [1.54, 1.807) is 0 Å². The number of carbonyl (C=O) groups is 1. The fourth-order valence-corrected chi connectivity index (χ4v) is 4.86. The van der Waals surface area contributed by atoms with Crippen LogP contribution in [-0.4, -0.2) is 29.3 Å². The Morgan fingerprint density at radius 2 is 2.15 bits per heavy atom. The normalized spacial score (nSPS) is 35.7. The maximum absolute atomic E-state index is 11.5. The molecule has 0 radical (unpaired) electrons. The maximum atomic E-state index is 11.5. The first-order valence-corrected chi connectivity index (χ1v) is 10.4. The van der Waals surface area contributed by atoms with Crippen molar-refractivity contribution in [1.82, 2.24) is 0 Å². The Hall–Kier alpha value is -1.68. The van der Waals surface area contributed by atoms with E-state index in [0.29, 0.717) is 12.3 Å². The third-order valence-electron chi connectivity index (χ3n) is 6.69. The van der Waals surface area contributed by atoms with Gasteiger partial charge in [-0.15, -0.1) is 0 Å². The van der Waals surface area contributed by atoms with Crippen molar-refractivity contribution in [2.45, 2.75) is 77.7 Å². The van der Waals surface area contributed by atoms with Crippen molar-refractivity contribution in [1.29, 1.82) is 0 Å². The Labute approximate surface area is 163 Å². The highest BCUT2D eigenvalue weighted by atomic mass is 16.6. The second kappa shape index (κ2) is 8.55. The van der Waals surface area contributed by atoms with Crippen molar-refractivity contribution in [2.75, 3.05) is 6.61 Å². The summed E-state index contributed by atoms with van der Waals surface area (Å²) in [5, 5.41) is 14.3. The number of aliphatic hydroxyl groups excluding tert-OH is 1. The molecule has 1 N–H and O–H groups in total. The van der Waals surface area contributed by atoms with Gasteiger partial charge in [-0.3, -0.25) is 4.79 Å². The summed E-state index contributed by atoms with van der Waals surface area (Å²) >= 11 is 0. The molecule has 3 atom stereocenters. The largest absolute Gasteiger partial charge is 0.393 e. The zero-order valence-corrected chi connectivity index (χ0v) is 16.8. The summed E-state index contributed by atoms with van der Waals surface area (Å²) in [6, 6.07) is 0. The highest BCUT2D eigenvalue weighted by Crippen LogP contribution is 2.52. The molecule has 3 rings (SSSR count). The van der Waals surface area contributed by atoms with Crippen LogP contribution in [0.1, 0.15) is 71.6 Å². The third kappa shape index (κ3) is 4.43. The van der Waals surface area contributed by atoms with Gasteiger partial charge in [-0.05, 0) is 62.9 Å². The van der Waals surface area contributed by atoms with E-state index in [1.807, 2.05) is 6.92 Å². The molecule has 0 aromatic heterocycles. The first kappa shape index (κ1) is 20.1. The predicted molar refractivity (Wildman–Crippen MR) is 109 cm³/mol. The van der Waals surface area contributed by atoms with Crippen LogP contribution < -0.4 is 0 Å². The van der Waals surface area contributed by atoms with Gasteiger partial charge < -0.3 is 9.94 Å². The van der Waals surface area contributed by atoms with E-state index in [-0.39, 0.29) is 23.9 Å². The third-order valence-corrected chi connectivity index (χ3v) is 6.69. The van der Waals surface area contributed by atoms with Gasteiger partial charge >= 0.3 is 0 Å². The molecule has 0 spiro atoms. The van der Waals surface area contributed by atoms with Crippen LogP contribution in [-0.2, 0) is 9.63 Å². The van der Waals surface area contributed by atoms with Gasteiger partial charge in [0.1, 0.15) is 0 Å². The van der Waals surface area contributed by atoms with Gasteiger partial charge in [-0.2, -0.15) is 0 Å². The zero-order valence-electron chi connectivity index (χ0n) is 16.8. The molecule has 4 heteroatoms. The monoisotopic (exact) mass is 371 g/mol. The van der Waals surface area contributed by atoms with Crippen LogP contribution in [0.2, 0.25) is 0 Å². The first-order valence-electron chi connectivity index (χ1n) is 10.4. The van der Waals surface area contributed by atoms with E-state index >= 15 is 0 Å². The summed E-state index contributed by atoms with van der Waals surface area (Å²) in [7, 11) is 0. The molecule has 0 amide bonds. The van der Waals surface area contributed by atoms with Crippen molar-refractivity contribution < 1.29 is 14.7 Å². The van der Waals surface area contributed by atoms with Crippen molar-refractivity contribution in [3.05, 3.63) is 35.5 Å². The zero-order chi connectivity index (χ0) is 19.4. The molecule has 3 fully saturated rings. The van der Waals surface area contributed by atoms with Crippen LogP contribution in [0.15, 0.2) is 40.6 Å². The lowest BCUT2D eigenvalue weighted by molar-refractivity contribution is -0.123. The topological polar surface area (TPSA) is 58.9 Å². The summed E-state index contributed by atoms with van der Waals surface area (Å²) in [5.74, 6) is 0.582. The van der Waals surface area contributed by atoms with E-state index in [0.717, 1.165) is 57.1 Å². The van der Waals surface area contributed by atoms with Gasteiger partial charge in [0.15, 0.2) is 12.4 Å². The number of rotatable bonds is 5. The Balaban J connectivity index is 1.74. The van der Waals surface area contributed by atoms with Crippen LogP contribution in [0, 0.1) is 11.3 Å². The van der Waals surface area contributed by atoms with Gasteiger partial charge in [0, 0.05) is 11.8 Å². The van der Waals surface area contributed by atoms with Crippen molar-refractivity contribution >= 4 is 11.5 Å². The predicted octanol–water partition coefficient (Wildman–Crippen LogP) is 4.89. The molecule has 148 valence electrons. The summed E-state index contributed by atoms with van der Waals surface area (Å²) in [6.45, 7) is 8.40. The minimum atomic E-state index is -0.232. The molecular formula is C23H33NO3. The lowest BCUT2D eigenvalue weighted by Gasteiger charge is -2.38. The summed E-state index contributed by atoms with van der Waals surface area (Å²) in [4.78, 5) is 16.8. The lowest BCUT2D eigenvalue weighted by Crippen LogP contribution is -2.33. The number of fused-ring (bicyclic) bond motifs is 1. The number of allylic oxidation sites excluding steroid dienone is 4. The molecule has 0 bridgehead atoms. The Bertz CT molecular complexity index is 688. The Kier molecular flexibility index (Phi) is 6.36. The van der Waals surface area contributed by atoms with Gasteiger partial charge in [-0.1, -0.05) is 48.9 Å². The summed E-state index contributed by atoms with van der Waals surface area (Å²) in [5.41, 5.74) is 5.01. The molecule has 4 nitrogen and oxygen atoms in total. The summed E-state index contributed by atoms with van der Waals surface area (Å²) < 4.78 is 0. The molecule has 0 aliphatic heterocycles. The second-order valence-corrected chi connectivity index (χ2v) is 8.50. The molecule has 27 heavy (non-hydrogen) atoms. The molecule has 0 heterocycles. The number of hydrogen-bond acceptors (Lipinski definition) is 4. The molecule has 1 unspecified atom stereocenters. The number of carbonyl (C=O) groups excluding carboxylic acids is 1.